The molecule has 0 aromatic rings. The normalized spacial score (nSPS) is 17.0. The highest BCUT2D eigenvalue weighted by molar-refractivity contribution is 5.90. The van der Waals surface area contributed by atoms with Crippen molar-refractivity contribution in [3.8, 4) is 0 Å². The molecule has 1 saturated heterocycles. The molecule has 10 N–H and O–H groups in total. The minimum Gasteiger partial charge on any atom is -0.370 e. The van der Waals surface area contributed by atoms with Crippen LogP contribution < -0.4 is 33.6 Å². The van der Waals surface area contributed by atoms with E-state index in [1.165, 1.54) is 7.05 Å². The summed E-state index contributed by atoms with van der Waals surface area (Å²) in [6.07, 6.45) is 1.54. The van der Waals surface area contributed by atoms with E-state index in [2.05, 4.69) is 16.0 Å². The molecule has 10 heteroatoms. The number of carbonyl (C=O) groups excluding carboxylic acids is 4. The Labute approximate surface area is 129 Å². The predicted octanol–water partition coefficient (Wildman–Crippen LogP) is -2.50. The Bertz CT molecular complexity index is 401. The zero-order chi connectivity index (χ0) is 16.4. The number of primary amides is 1. The second-order valence-corrected chi connectivity index (χ2v) is 4.50. The van der Waals surface area contributed by atoms with Crippen LogP contribution in [-0.4, -0.2) is 49.8 Å². The van der Waals surface area contributed by atoms with Crippen molar-refractivity contribution >= 4 is 23.6 Å². The highest BCUT2D eigenvalue weighted by atomic mass is 16.2. The first-order chi connectivity index (χ1) is 9.81. The van der Waals surface area contributed by atoms with E-state index in [4.69, 9.17) is 11.5 Å². The Hall–Kier alpha value is -2.20. The molecule has 1 heterocycles. The Morgan fingerprint density at radius 3 is 2.27 bits per heavy atom. The zero-order valence-corrected chi connectivity index (χ0v) is 13.0. The van der Waals surface area contributed by atoms with E-state index >= 15 is 0 Å². The number of rotatable bonds is 5. The molecule has 0 aliphatic carbocycles. The van der Waals surface area contributed by atoms with Gasteiger partial charge in [0.1, 0.15) is 6.04 Å². The summed E-state index contributed by atoms with van der Waals surface area (Å²) in [5, 5.41) is 7.40. The summed E-state index contributed by atoms with van der Waals surface area (Å²) < 4.78 is 0. The molecule has 1 rings (SSSR count). The van der Waals surface area contributed by atoms with E-state index in [9.17, 15) is 19.2 Å². The van der Waals surface area contributed by atoms with Gasteiger partial charge in [0.2, 0.25) is 23.6 Å². The van der Waals surface area contributed by atoms with Crippen LogP contribution in [0, 0.1) is 0 Å². The largest absolute Gasteiger partial charge is 0.370 e. The van der Waals surface area contributed by atoms with Gasteiger partial charge in [-0.15, -0.1) is 0 Å². The molecule has 1 aliphatic heterocycles. The number of nitrogens with two attached hydrogens (primary N) is 2. The topological polar surface area (TPSA) is 191 Å². The third kappa shape index (κ3) is 8.87. The smallest absolute Gasteiger partial charge is 0.242 e. The van der Waals surface area contributed by atoms with E-state index in [0.29, 0.717) is 19.3 Å². The molecular formula is C12H26N6O4. The third-order valence-corrected chi connectivity index (χ3v) is 2.84. The molecule has 0 aromatic heterocycles. The van der Waals surface area contributed by atoms with Gasteiger partial charge in [-0.3, -0.25) is 19.2 Å². The molecule has 1 aliphatic rings. The Morgan fingerprint density at radius 1 is 1.32 bits per heavy atom. The van der Waals surface area contributed by atoms with Crippen LogP contribution in [-0.2, 0) is 19.2 Å². The summed E-state index contributed by atoms with van der Waals surface area (Å²) in [7, 11) is 3.05. The lowest BCUT2D eigenvalue weighted by atomic mass is 10.1. The molecule has 0 bridgehead atoms. The number of carbonyl (C=O) groups is 4. The second-order valence-electron chi connectivity index (χ2n) is 4.50. The maximum atomic E-state index is 10.8. The molecule has 22 heavy (non-hydrogen) atoms. The Kier molecular flexibility index (Phi) is 11.5. The third-order valence-electron chi connectivity index (χ3n) is 2.84. The van der Waals surface area contributed by atoms with Gasteiger partial charge in [0, 0.05) is 26.9 Å². The number of hydrogen-bond acceptors (Lipinski definition) is 6. The maximum absolute atomic E-state index is 10.8. The highest BCUT2D eigenvalue weighted by Crippen LogP contribution is 2.05. The molecule has 0 saturated carbocycles. The fourth-order valence-electron chi connectivity index (χ4n) is 1.60. The van der Waals surface area contributed by atoms with Crippen LogP contribution in [0.15, 0.2) is 0 Å². The number of likely N-dealkylation sites (N-methyl/N-ethyl adjacent to an activating group) is 2. The lowest BCUT2D eigenvalue weighted by Gasteiger charge is -2.07. The van der Waals surface area contributed by atoms with Gasteiger partial charge < -0.3 is 33.6 Å². The molecule has 2 atom stereocenters. The summed E-state index contributed by atoms with van der Waals surface area (Å²) in [6, 6.07) is -0.926. The standard InChI is InChI=1S/C6H13N3O2.C6H10N2O2.H3N/c1-9-6(11)4(7)2-3-5(8)10;1-7-6(10)4-2-3-5(9)8-4;/h4H,2-3,7H2,1H3,(H2,8,10)(H,9,11);4H,2-3H2,1H3,(H,7,10)(H,8,9);1H3. The van der Waals surface area contributed by atoms with Crippen molar-refractivity contribution in [2.75, 3.05) is 14.1 Å². The average molecular weight is 318 g/mol. The van der Waals surface area contributed by atoms with Crippen LogP contribution in [0.2, 0.25) is 0 Å². The number of nitrogens with one attached hydrogen (secondary N) is 3. The van der Waals surface area contributed by atoms with Gasteiger partial charge >= 0.3 is 0 Å². The van der Waals surface area contributed by atoms with Crippen molar-refractivity contribution < 1.29 is 19.2 Å². The van der Waals surface area contributed by atoms with E-state index in [-0.39, 0.29) is 36.3 Å². The van der Waals surface area contributed by atoms with Crippen molar-refractivity contribution in [2.45, 2.75) is 37.8 Å². The van der Waals surface area contributed by atoms with Crippen LogP contribution >= 0.6 is 0 Å². The molecular weight excluding hydrogens is 292 g/mol. The van der Waals surface area contributed by atoms with E-state index in [1.807, 2.05) is 0 Å². The summed E-state index contributed by atoms with van der Waals surface area (Å²) >= 11 is 0. The Morgan fingerprint density at radius 2 is 1.91 bits per heavy atom. The Balaban J connectivity index is 0. The van der Waals surface area contributed by atoms with Gasteiger partial charge in [-0.05, 0) is 12.8 Å². The van der Waals surface area contributed by atoms with Crippen molar-refractivity contribution in [3.63, 3.8) is 0 Å². The molecule has 0 radical (unpaired) electrons. The van der Waals surface area contributed by atoms with Gasteiger partial charge in [0.25, 0.3) is 0 Å². The van der Waals surface area contributed by atoms with Crippen LogP contribution in [0.3, 0.4) is 0 Å². The van der Waals surface area contributed by atoms with E-state index in [0.717, 1.165) is 0 Å². The molecule has 4 amide bonds. The molecule has 1 fully saturated rings. The lowest BCUT2D eigenvalue weighted by Crippen LogP contribution is -2.39. The van der Waals surface area contributed by atoms with Gasteiger partial charge in [0.15, 0.2) is 0 Å². The highest BCUT2D eigenvalue weighted by Gasteiger charge is 2.25. The summed E-state index contributed by atoms with van der Waals surface area (Å²) in [5.74, 6) is -0.852. The molecule has 10 nitrogen and oxygen atoms in total. The van der Waals surface area contributed by atoms with Gasteiger partial charge in [-0.2, -0.15) is 0 Å². The predicted molar refractivity (Wildman–Crippen MR) is 80.7 cm³/mol. The lowest BCUT2D eigenvalue weighted by molar-refractivity contribution is -0.125. The molecule has 128 valence electrons. The fraction of sp³-hybridized carbons (Fsp3) is 0.667. The summed E-state index contributed by atoms with van der Waals surface area (Å²) in [6.45, 7) is 0. The van der Waals surface area contributed by atoms with Gasteiger partial charge in [-0.25, -0.2) is 0 Å². The van der Waals surface area contributed by atoms with Crippen molar-refractivity contribution in [1.82, 2.24) is 22.1 Å². The quantitative estimate of drug-likeness (QED) is 0.324. The molecule has 0 aromatic carbocycles. The minimum absolute atomic E-state index is 0. The number of amides is 4. The van der Waals surface area contributed by atoms with Crippen LogP contribution in [0.4, 0.5) is 0 Å². The van der Waals surface area contributed by atoms with Crippen molar-refractivity contribution in [2.24, 2.45) is 11.5 Å². The van der Waals surface area contributed by atoms with Crippen LogP contribution in [0.25, 0.3) is 0 Å². The summed E-state index contributed by atoms with van der Waals surface area (Å²) in [4.78, 5) is 42.4. The monoisotopic (exact) mass is 318 g/mol. The van der Waals surface area contributed by atoms with E-state index < -0.39 is 11.9 Å². The van der Waals surface area contributed by atoms with Gasteiger partial charge in [-0.1, -0.05) is 0 Å². The molecule has 0 spiro atoms. The zero-order valence-electron chi connectivity index (χ0n) is 13.0. The minimum atomic E-state index is -0.632. The first-order valence-electron chi connectivity index (χ1n) is 6.58. The fourth-order valence-corrected chi connectivity index (χ4v) is 1.60. The van der Waals surface area contributed by atoms with E-state index in [1.54, 1.807) is 7.05 Å². The van der Waals surface area contributed by atoms with Crippen molar-refractivity contribution in [1.29, 1.82) is 0 Å². The van der Waals surface area contributed by atoms with Crippen LogP contribution in [0.5, 0.6) is 0 Å². The number of hydrogen-bond donors (Lipinski definition) is 6. The maximum Gasteiger partial charge on any atom is 0.242 e. The van der Waals surface area contributed by atoms with Crippen LogP contribution in [0.1, 0.15) is 25.7 Å². The molecule has 2 unspecified atom stereocenters. The van der Waals surface area contributed by atoms with Gasteiger partial charge in [0.05, 0.1) is 6.04 Å². The second kappa shape index (κ2) is 11.5. The average Bonchev–Trinajstić information content (AvgIpc) is 2.90. The SMILES string of the molecule is CNC(=O)C(N)CCC(N)=O.CNC(=O)C1CCC(=O)N1.N. The van der Waals surface area contributed by atoms with Crippen molar-refractivity contribution in [3.05, 3.63) is 0 Å². The summed E-state index contributed by atoms with van der Waals surface area (Å²) in [5.41, 5.74) is 10.2. The first-order valence-corrected chi connectivity index (χ1v) is 6.58. The first kappa shape index (κ1) is 22.1.